The molecular weight excluding hydrogens is 426 g/mol. The van der Waals surface area contributed by atoms with Crippen molar-refractivity contribution in [3.63, 3.8) is 0 Å². The van der Waals surface area contributed by atoms with Crippen molar-refractivity contribution in [3.05, 3.63) is 59.2 Å². The molecule has 172 valence electrons. The summed E-state index contributed by atoms with van der Waals surface area (Å²) in [4.78, 5) is 15.6. The van der Waals surface area contributed by atoms with Gasteiger partial charge in [-0.1, -0.05) is 24.3 Å². The zero-order chi connectivity index (χ0) is 22.6. The number of methoxy groups -OCH3 is 1. The monoisotopic (exact) mass is 457 g/mol. The van der Waals surface area contributed by atoms with E-state index < -0.39 is 10.0 Å². The number of amides is 1. The Morgan fingerprint density at radius 2 is 1.62 bits per heavy atom. The molecule has 2 aliphatic heterocycles. The lowest BCUT2D eigenvalue weighted by Gasteiger charge is -2.18. The lowest BCUT2D eigenvalue weighted by Crippen LogP contribution is -2.29. The first-order valence-corrected chi connectivity index (χ1v) is 12.7. The van der Waals surface area contributed by atoms with Crippen LogP contribution < -0.4 is 10.1 Å². The van der Waals surface area contributed by atoms with Crippen LogP contribution in [-0.4, -0.2) is 56.8 Å². The number of ether oxygens (including phenoxy) is 1. The van der Waals surface area contributed by atoms with Gasteiger partial charge >= 0.3 is 0 Å². The second-order valence-electron chi connectivity index (χ2n) is 8.41. The second kappa shape index (κ2) is 10.0. The van der Waals surface area contributed by atoms with Gasteiger partial charge in [0.1, 0.15) is 5.75 Å². The minimum atomic E-state index is -3.61. The normalized spacial score (nSPS) is 17.5. The summed E-state index contributed by atoms with van der Waals surface area (Å²) in [6.45, 7) is 4.49. The highest BCUT2D eigenvalue weighted by atomic mass is 32.2. The van der Waals surface area contributed by atoms with Crippen molar-refractivity contribution in [2.24, 2.45) is 0 Å². The highest BCUT2D eigenvalue weighted by Crippen LogP contribution is 2.27. The lowest BCUT2D eigenvalue weighted by molar-refractivity contribution is 0.0947. The molecule has 0 atom stereocenters. The molecule has 0 spiro atoms. The van der Waals surface area contributed by atoms with Gasteiger partial charge in [0.2, 0.25) is 10.0 Å². The van der Waals surface area contributed by atoms with Crippen LogP contribution in [0.5, 0.6) is 5.75 Å². The Morgan fingerprint density at radius 1 is 0.969 bits per heavy atom. The molecule has 0 bridgehead atoms. The first-order valence-electron chi connectivity index (χ1n) is 11.2. The van der Waals surface area contributed by atoms with Gasteiger partial charge in [0, 0.05) is 26.2 Å². The molecule has 2 aromatic rings. The third kappa shape index (κ3) is 4.98. The van der Waals surface area contributed by atoms with Gasteiger partial charge in [-0.05, 0) is 68.1 Å². The van der Waals surface area contributed by atoms with E-state index in [9.17, 15) is 13.2 Å². The smallest absolute Gasteiger partial charge is 0.255 e. The zero-order valence-corrected chi connectivity index (χ0v) is 19.4. The number of benzene rings is 2. The van der Waals surface area contributed by atoms with Crippen LogP contribution in [0.3, 0.4) is 0 Å². The van der Waals surface area contributed by atoms with Gasteiger partial charge in [-0.25, -0.2) is 8.42 Å². The van der Waals surface area contributed by atoms with Gasteiger partial charge < -0.3 is 10.1 Å². The molecule has 0 saturated carbocycles. The maximum Gasteiger partial charge on any atom is 0.255 e. The minimum Gasteiger partial charge on any atom is -0.496 e. The van der Waals surface area contributed by atoms with Crippen molar-refractivity contribution >= 4 is 15.9 Å². The summed E-state index contributed by atoms with van der Waals surface area (Å²) in [6, 6.07) is 12.6. The molecule has 0 unspecified atom stereocenters. The van der Waals surface area contributed by atoms with Crippen LogP contribution in [0.25, 0.3) is 0 Å². The molecule has 2 heterocycles. The van der Waals surface area contributed by atoms with Crippen LogP contribution >= 0.6 is 0 Å². The number of nitrogens with zero attached hydrogens (tertiary/aromatic N) is 2. The molecule has 1 amide bonds. The fourth-order valence-electron chi connectivity index (χ4n) is 4.44. The molecule has 2 aromatic carbocycles. The second-order valence-corrected chi connectivity index (χ2v) is 10.3. The summed E-state index contributed by atoms with van der Waals surface area (Å²) < 4.78 is 32.7. The van der Waals surface area contributed by atoms with Gasteiger partial charge in [-0.2, -0.15) is 4.31 Å². The van der Waals surface area contributed by atoms with Crippen molar-refractivity contribution in [3.8, 4) is 5.75 Å². The van der Waals surface area contributed by atoms with Crippen molar-refractivity contribution in [2.75, 3.05) is 33.3 Å². The number of hydrogen-bond donors (Lipinski definition) is 1. The van der Waals surface area contributed by atoms with Crippen molar-refractivity contribution in [2.45, 2.75) is 43.7 Å². The SMILES string of the molecule is COc1ccc(S(=O)(=O)N2CCCC2)cc1C(=O)NCc1ccccc1CN1CCCC1. The van der Waals surface area contributed by atoms with E-state index in [0.29, 0.717) is 25.4 Å². The van der Waals surface area contributed by atoms with E-state index in [1.54, 1.807) is 6.07 Å². The Balaban J connectivity index is 1.51. The summed E-state index contributed by atoms with van der Waals surface area (Å²) >= 11 is 0. The van der Waals surface area contributed by atoms with E-state index in [4.69, 9.17) is 4.74 Å². The maximum absolute atomic E-state index is 13.0. The average Bonchev–Trinajstić information content (AvgIpc) is 3.52. The number of sulfonamides is 1. The Bertz CT molecular complexity index is 1060. The average molecular weight is 458 g/mol. The van der Waals surface area contributed by atoms with E-state index in [0.717, 1.165) is 38.0 Å². The molecular formula is C24H31N3O4S. The Hall–Kier alpha value is -2.42. The van der Waals surface area contributed by atoms with Crippen LogP contribution in [-0.2, 0) is 23.1 Å². The molecule has 32 heavy (non-hydrogen) atoms. The van der Waals surface area contributed by atoms with Crippen molar-refractivity contribution in [1.82, 2.24) is 14.5 Å². The van der Waals surface area contributed by atoms with E-state index in [1.165, 1.54) is 42.0 Å². The van der Waals surface area contributed by atoms with Gasteiger partial charge in [0.05, 0.1) is 17.6 Å². The van der Waals surface area contributed by atoms with Crippen LogP contribution in [0.15, 0.2) is 47.4 Å². The van der Waals surface area contributed by atoms with Gasteiger partial charge in [0.25, 0.3) is 5.91 Å². The van der Waals surface area contributed by atoms with Crippen LogP contribution in [0, 0.1) is 0 Å². The fraction of sp³-hybridized carbons (Fsp3) is 0.458. The van der Waals surface area contributed by atoms with E-state index in [-0.39, 0.29) is 16.4 Å². The van der Waals surface area contributed by atoms with Gasteiger partial charge in [0.15, 0.2) is 0 Å². The van der Waals surface area contributed by atoms with Crippen LogP contribution in [0.1, 0.15) is 47.2 Å². The molecule has 0 aromatic heterocycles. The molecule has 0 aliphatic carbocycles. The molecule has 2 saturated heterocycles. The predicted octanol–water partition coefficient (Wildman–Crippen LogP) is 3.01. The number of nitrogens with one attached hydrogen (secondary N) is 1. The number of carbonyl (C=O) groups excluding carboxylic acids is 1. The van der Waals surface area contributed by atoms with Crippen LogP contribution in [0.2, 0.25) is 0 Å². The van der Waals surface area contributed by atoms with Gasteiger partial charge in [-0.15, -0.1) is 0 Å². The quantitative estimate of drug-likeness (QED) is 0.659. The zero-order valence-electron chi connectivity index (χ0n) is 18.5. The molecule has 7 nitrogen and oxygen atoms in total. The summed E-state index contributed by atoms with van der Waals surface area (Å²) in [5, 5.41) is 2.96. The number of carbonyl (C=O) groups is 1. The largest absolute Gasteiger partial charge is 0.496 e. The summed E-state index contributed by atoms with van der Waals surface area (Å²) in [5.74, 6) is 0.00419. The topological polar surface area (TPSA) is 79.0 Å². The predicted molar refractivity (Wildman–Crippen MR) is 123 cm³/mol. The molecule has 2 aliphatic rings. The lowest BCUT2D eigenvalue weighted by atomic mass is 10.1. The molecule has 2 fully saturated rings. The first-order chi connectivity index (χ1) is 15.5. The Labute approximate surface area is 190 Å². The van der Waals surface area contributed by atoms with E-state index in [2.05, 4.69) is 16.3 Å². The summed E-state index contributed by atoms with van der Waals surface area (Å²) in [5.41, 5.74) is 2.49. The van der Waals surface area contributed by atoms with Crippen LogP contribution in [0.4, 0.5) is 0 Å². The summed E-state index contributed by atoms with van der Waals surface area (Å²) in [6.07, 6.45) is 4.18. The standard InChI is InChI=1S/C24H31N3O4S/c1-31-23-11-10-21(32(29,30)27-14-6-7-15-27)16-22(23)24(28)25-17-19-8-2-3-9-20(19)18-26-12-4-5-13-26/h2-3,8-11,16H,4-7,12-15,17-18H2,1H3,(H,25,28). The first kappa shape index (κ1) is 22.8. The Kier molecular flexibility index (Phi) is 7.13. The number of hydrogen-bond acceptors (Lipinski definition) is 5. The molecule has 4 rings (SSSR count). The highest BCUT2D eigenvalue weighted by molar-refractivity contribution is 7.89. The molecule has 8 heteroatoms. The van der Waals surface area contributed by atoms with E-state index >= 15 is 0 Å². The molecule has 1 N–H and O–H groups in total. The van der Waals surface area contributed by atoms with Crippen molar-refractivity contribution < 1.29 is 17.9 Å². The number of likely N-dealkylation sites (tertiary alicyclic amines) is 1. The Morgan fingerprint density at radius 3 is 2.31 bits per heavy atom. The summed E-state index contributed by atoms with van der Waals surface area (Å²) in [7, 11) is -2.14. The fourth-order valence-corrected chi connectivity index (χ4v) is 5.98. The van der Waals surface area contributed by atoms with E-state index in [1.807, 2.05) is 18.2 Å². The maximum atomic E-state index is 13.0. The third-order valence-electron chi connectivity index (χ3n) is 6.27. The third-order valence-corrected chi connectivity index (χ3v) is 8.16. The van der Waals surface area contributed by atoms with Gasteiger partial charge in [-0.3, -0.25) is 9.69 Å². The highest BCUT2D eigenvalue weighted by Gasteiger charge is 2.28. The minimum absolute atomic E-state index is 0.125. The molecule has 0 radical (unpaired) electrons. The van der Waals surface area contributed by atoms with Crippen molar-refractivity contribution in [1.29, 1.82) is 0 Å². The number of rotatable bonds is 8.